The lowest BCUT2D eigenvalue weighted by Gasteiger charge is -2.43. The molecule has 33 heavy (non-hydrogen) atoms. The Hall–Kier alpha value is -1.36. The van der Waals surface area contributed by atoms with Crippen LogP contribution in [0, 0.1) is 0 Å². The summed E-state index contributed by atoms with van der Waals surface area (Å²) < 4.78 is 249. The maximum atomic E-state index is 13.6. The van der Waals surface area contributed by atoms with Crippen LogP contribution in [0.4, 0.5) is 74.6 Å². The third-order valence-electron chi connectivity index (χ3n) is 3.60. The first-order valence-corrected chi connectivity index (χ1v) is 8.41. The van der Waals surface area contributed by atoms with Gasteiger partial charge in [0, 0.05) is 6.54 Å². The van der Waals surface area contributed by atoms with Crippen molar-refractivity contribution in [2.75, 3.05) is 13.2 Å². The van der Waals surface area contributed by atoms with Crippen LogP contribution < -0.4 is 0 Å². The van der Waals surface area contributed by atoms with Crippen LogP contribution in [0.5, 0.6) is 0 Å². The molecule has 0 aliphatic carbocycles. The molecule has 0 radical (unpaired) electrons. The fraction of sp³-hybridized carbons (Fsp3) is 1.00. The fourth-order valence-electron chi connectivity index (χ4n) is 1.80. The molecule has 5 nitrogen and oxygen atoms in total. The van der Waals surface area contributed by atoms with Crippen molar-refractivity contribution in [3.8, 4) is 0 Å². The summed E-state index contributed by atoms with van der Waals surface area (Å²) in [5.41, 5.74) is 0. The molecule has 0 aromatic carbocycles. The number of aliphatic hydroxyl groups is 1. The predicted molar refractivity (Wildman–Crippen MR) is 66.0 cm³/mol. The Morgan fingerprint density at radius 3 is 1.06 bits per heavy atom. The van der Waals surface area contributed by atoms with Gasteiger partial charge in [-0.3, -0.25) is 4.55 Å². The third kappa shape index (κ3) is 4.28. The molecule has 0 aromatic heterocycles. The van der Waals surface area contributed by atoms with Crippen molar-refractivity contribution in [3.63, 3.8) is 0 Å². The number of alkyl halides is 17. The van der Waals surface area contributed by atoms with E-state index < -0.39 is 75.5 Å². The lowest BCUT2D eigenvalue weighted by Crippen LogP contribution is -2.76. The Morgan fingerprint density at radius 2 is 0.818 bits per heavy atom. The summed E-state index contributed by atoms with van der Waals surface area (Å²) in [5.74, 6) is -51.9. The molecular weight excluding hydrogens is 553 g/mol. The van der Waals surface area contributed by atoms with Gasteiger partial charge in [-0.05, 0) is 0 Å². The minimum atomic E-state index is -8.89. The average molecular weight is 559 g/mol. The van der Waals surface area contributed by atoms with Gasteiger partial charge in [-0.15, -0.1) is 4.31 Å². The SMILES string of the molecule is O=S(=O)(O)N(CCO)C(F)(F)C(F)(F)C(F)(F)C(F)(F)C(F)(F)C(F)(F)C(F)(F)C(F)(F)F. The molecule has 0 atom stereocenters. The highest BCUT2D eigenvalue weighted by Crippen LogP contribution is 2.64. The Bertz CT molecular complexity index is 820. The van der Waals surface area contributed by atoms with Gasteiger partial charge in [0.1, 0.15) is 0 Å². The number of halogens is 17. The minimum absolute atomic E-state index is 2.10. The Morgan fingerprint density at radius 1 is 0.545 bits per heavy atom. The highest BCUT2D eigenvalue weighted by molar-refractivity contribution is 7.83. The predicted octanol–water partition coefficient (Wildman–Crippen LogP) is 4.05. The summed E-state index contributed by atoms with van der Waals surface area (Å²) in [5, 5.41) is 8.25. The van der Waals surface area contributed by atoms with Gasteiger partial charge in [0.25, 0.3) is 0 Å². The van der Waals surface area contributed by atoms with Crippen molar-refractivity contribution in [1.82, 2.24) is 4.31 Å². The number of hydrogen-bond acceptors (Lipinski definition) is 3. The van der Waals surface area contributed by atoms with Gasteiger partial charge >= 0.3 is 58.1 Å². The number of nitrogens with zero attached hydrogens (tertiary/aromatic N) is 1. The Balaban J connectivity index is 7.00. The van der Waals surface area contributed by atoms with Gasteiger partial charge in [0.05, 0.1) is 6.61 Å². The summed E-state index contributed by atoms with van der Waals surface area (Å²) in [6.07, 6.45) is -7.90. The second kappa shape index (κ2) is 8.10. The van der Waals surface area contributed by atoms with Crippen LogP contribution in [0.2, 0.25) is 0 Å². The average Bonchev–Trinajstić information content (AvgIpc) is 2.56. The highest BCUT2D eigenvalue weighted by atomic mass is 32.2. The van der Waals surface area contributed by atoms with Gasteiger partial charge in [0.2, 0.25) is 0 Å². The normalized spacial score (nSPS) is 16.5. The smallest absolute Gasteiger partial charge is 0.395 e. The van der Waals surface area contributed by atoms with E-state index in [-0.39, 0.29) is 0 Å². The molecule has 0 fully saturated rings. The van der Waals surface area contributed by atoms with Gasteiger partial charge < -0.3 is 5.11 Å². The van der Waals surface area contributed by atoms with Crippen molar-refractivity contribution in [3.05, 3.63) is 0 Å². The first-order chi connectivity index (χ1) is 13.9. The third-order valence-corrected chi connectivity index (χ3v) is 4.57. The van der Waals surface area contributed by atoms with Gasteiger partial charge in [-0.1, -0.05) is 0 Å². The first kappa shape index (κ1) is 31.6. The topological polar surface area (TPSA) is 77.8 Å². The lowest BCUT2D eigenvalue weighted by molar-refractivity contribution is -0.466. The van der Waals surface area contributed by atoms with Gasteiger partial charge in [0.15, 0.2) is 0 Å². The summed E-state index contributed by atoms with van der Waals surface area (Å²) in [7, 11) is -6.92. The Labute approximate surface area is 169 Å². The lowest BCUT2D eigenvalue weighted by atomic mass is 9.90. The van der Waals surface area contributed by atoms with Crippen LogP contribution >= 0.6 is 0 Å². The molecule has 0 unspecified atom stereocenters. The van der Waals surface area contributed by atoms with Crippen LogP contribution in [0.15, 0.2) is 0 Å². The number of hydrogen-bond donors (Lipinski definition) is 2. The van der Waals surface area contributed by atoms with Crippen molar-refractivity contribution in [2.45, 2.75) is 47.8 Å². The van der Waals surface area contributed by atoms with E-state index in [0.717, 1.165) is 0 Å². The quantitative estimate of drug-likeness (QED) is 0.241. The molecular formula is C10H6F17NO4S. The van der Waals surface area contributed by atoms with E-state index in [1.807, 2.05) is 0 Å². The molecule has 0 rings (SSSR count). The van der Waals surface area contributed by atoms with Crippen LogP contribution in [-0.4, -0.2) is 83.3 Å². The van der Waals surface area contributed by atoms with Gasteiger partial charge in [-0.25, -0.2) is 0 Å². The molecule has 0 aliphatic heterocycles. The maximum Gasteiger partial charge on any atom is 0.460 e. The molecule has 0 aromatic rings. The number of rotatable bonds is 10. The summed E-state index contributed by atoms with van der Waals surface area (Å²) in [6.45, 7) is -4.67. The molecule has 23 heteroatoms. The van der Waals surface area contributed by atoms with Crippen molar-refractivity contribution in [2.24, 2.45) is 0 Å². The first-order valence-electron chi connectivity index (χ1n) is 7.02. The molecule has 0 spiro atoms. The Kier molecular flexibility index (Phi) is 7.77. The van der Waals surface area contributed by atoms with Crippen LogP contribution in [-0.2, 0) is 10.3 Å². The molecule has 200 valence electrons. The number of aliphatic hydroxyl groups excluding tert-OH is 1. The van der Waals surface area contributed by atoms with E-state index in [4.69, 9.17) is 9.66 Å². The minimum Gasteiger partial charge on any atom is -0.395 e. The highest BCUT2D eigenvalue weighted by Gasteiger charge is 2.95. The van der Waals surface area contributed by atoms with E-state index in [2.05, 4.69) is 0 Å². The zero-order valence-electron chi connectivity index (χ0n) is 14.4. The molecule has 0 heterocycles. The summed E-state index contributed by atoms with van der Waals surface area (Å²) in [4.78, 5) is 0. The molecule has 0 bridgehead atoms. The molecule has 0 saturated carbocycles. The largest absolute Gasteiger partial charge is 0.460 e. The van der Waals surface area contributed by atoms with E-state index in [1.54, 1.807) is 0 Å². The molecule has 2 N–H and O–H groups in total. The van der Waals surface area contributed by atoms with E-state index in [0.29, 0.717) is 0 Å². The van der Waals surface area contributed by atoms with Crippen LogP contribution in [0.25, 0.3) is 0 Å². The molecule has 0 saturated heterocycles. The van der Waals surface area contributed by atoms with E-state index in [1.165, 1.54) is 0 Å². The van der Waals surface area contributed by atoms with E-state index in [9.17, 15) is 83.1 Å². The monoisotopic (exact) mass is 559 g/mol. The summed E-state index contributed by atoms with van der Waals surface area (Å²) >= 11 is 0. The molecule has 0 amide bonds. The van der Waals surface area contributed by atoms with Gasteiger partial charge in [-0.2, -0.15) is 83.1 Å². The van der Waals surface area contributed by atoms with Crippen LogP contribution in [0.3, 0.4) is 0 Å². The fourth-order valence-corrected chi connectivity index (χ4v) is 2.52. The van der Waals surface area contributed by atoms with Crippen molar-refractivity contribution >= 4 is 10.3 Å². The van der Waals surface area contributed by atoms with Crippen molar-refractivity contribution in [1.29, 1.82) is 0 Å². The second-order valence-electron chi connectivity index (χ2n) is 5.76. The summed E-state index contributed by atoms with van der Waals surface area (Å²) in [6, 6.07) is -7.52. The van der Waals surface area contributed by atoms with Crippen LogP contribution in [0.1, 0.15) is 0 Å². The standard InChI is InChI=1S/C10H6F17NO4S/c11-3(12,5(15,16)7(19,20)9(23,24)25)4(13,14)6(17,18)8(21,22)10(26,27)28(1-2-29)33(30,31)32/h29H,1-2H2,(H,30,31,32). The van der Waals surface area contributed by atoms with E-state index >= 15 is 0 Å². The second-order valence-corrected chi connectivity index (χ2v) is 7.10. The zero-order valence-corrected chi connectivity index (χ0v) is 15.2. The molecule has 0 aliphatic rings. The maximum absolute atomic E-state index is 13.6. The van der Waals surface area contributed by atoms with Crippen molar-refractivity contribution < 1.29 is 92.7 Å². The zero-order chi connectivity index (χ0) is 27.5.